The van der Waals surface area contributed by atoms with Crippen molar-refractivity contribution in [1.29, 1.82) is 0 Å². The van der Waals surface area contributed by atoms with Gasteiger partial charge in [-0.2, -0.15) is 0 Å². The minimum Gasteiger partial charge on any atom is -0.113 e. The lowest BCUT2D eigenvalue weighted by atomic mass is 10.3. The zero-order valence-electron chi connectivity index (χ0n) is 5.85. The van der Waals surface area contributed by atoms with Gasteiger partial charge in [0.2, 0.25) is 0 Å². The predicted octanol–water partition coefficient (Wildman–Crippen LogP) is 2.53. The molecule has 0 N–H and O–H groups in total. The molecule has 1 heteroatoms. The van der Waals surface area contributed by atoms with Crippen molar-refractivity contribution in [3.05, 3.63) is 0 Å². The van der Waals surface area contributed by atoms with Crippen molar-refractivity contribution in [2.75, 3.05) is 19.5 Å². The SMILES string of the molecule is CP(C)CCC1CC1. The van der Waals surface area contributed by atoms with Crippen LogP contribution in [-0.2, 0) is 0 Å². The van der Waals surface area contributed by atoms with Crippen LogP contribution in [0.15, 0.2) is 0 Å². The van der Waals surface area contributed by atoms with Gasteiger partial charge in [-0.1, -0.05) is 12.8 Å². The molecule has 0 saturated heterocycles. The van der Waals surface area contributed by atoms with E-state index in [4.69, 9.17) is 0 Å². The first-order valence-electron chi connectivity index (χ1n) is 3.44. The van der Waals surface area contributed by atoms with Crippen molar-refractivity contribution in [2.24, 2.45) is 5.92 Å². The summed E-state index contributed by atoms with van der Waals surface area (Å²) in [5.74, 6) is 1.15. The molecule has 0 nitrogen and oxygen atoms in total. The molecule has 8 heavy (non-hydrogen) atoms. The van der Waals surface area contributed by atoms with Gasteiger partial charge in [-0.25, -0.2) is 0 Å². The predicted molar refractivity (Wildman–Crippen MR) is 41.0 cm³/mol. The van der Waals surface area contributed by atoms with E-state index in [1.165, 1.54) is 25.4 Å². The summed E-state index contributed by atoms with van der Waals surface area (Å²) in [5, 5.41) is 0. The van der Waals surface area contributed by atoms with E-state index < -0.39 is 0 Å². The molecule has 0 unspecified atom stereocenters. The molecule has 0 bridgehead atoms. The zero-order chi connectivity index (χ0) is 5.98. The maximum absolute atomic E-state index is 2.37. The van der Waals surface area contributed by atoms with Crippen LogP contribution in [-0.4, -0.2) is 19.5 Å². The molecule has 1 aliphatic rings. The molecule has 0 aromatic heterocycles. The van der Waals surface area contributed by atoms with Crippen LogP contribution in [0, 0.1) is 5.92 Å². The molecule has 0 aliphatic heterocycles. The Balaban J connectivity index is 1.87. The number of hydrogen-bond acceptors (Lipinski definition) is 0. The first kappa shape index (κ1) is 6.55. The highest BCUT2D eigenvalue weighted by Crippen LogP contribution is 2.37. The minimum atomic E-state index is 0.407. The van der Waals surface area contributed by atoms with Gasteiger partial charge in [-0.05, 0) is 31.8 Å². The van der Waals surface area contributed by atoms with E-state index in [1.807, 2.05) is 0 Å². The van der Waals surface area contributed by atoms with Crippen LogP contribution in [0.3, 0.4) is 0 Å². The van der Waals surface area contributed by atoms with Crippen molar-refractivity contribution in [1.82, 2.24) is 0 Å². The molecule has 0 radical (unpaired) electrons. The lowest BCUT2D eigenvalue weighted by molar-refractivity contribution is 0.805. The Labute approximate surface area is 53.4 Å². The van der Waals surface area contributed by atoms with E-state index in [2.05, 4.69) is 13.3 Å². The molecular weight excluding hydrogens is 115 g/mol. The van der Waals surface area contributed by atoms with Crippen LogP contribution in [0.2, 0.25) is 0 Å². The van der Waals surface area contributed by atoms with Crippen molar-refractivity contribution in [2.45, 2.75) is 19.3 Å². The van der Waals surface area contributed by atoms with E-state index in [-0.39, 0.29) is 0 Å². The van der Waals surface area contributed by atoms with Gasteiger partial charge in [0.25, 0.3) is 0 Å². The average molecular weight is 130 g/mol. The molecule has 1 aliphatic carbocycles. The lowest BCUT2D eigenvalue weighted by Crippen LogP contribution is -1.82. The van der Waals surface area contributed by atoms with Gasteiger partial charge in [-0.15, -0.1) is 7.92 Å². The van der Waals surface area contributed by atoms with Crippen molar-refractivity contribution in [3.63, 3.8) is 0 Å². The summed E-state index contributed by atoms with van der Waals surface area (Å²) in [5.41, 5.74) is 0. The summed E-state index contributed by atoms with van der Waals surface area (Å²) in [6.45, 7) is 4.75. The molecule has 0 aromatic carbocycles. The molecule has 0 amide bonds. The zero-order valence-corrected chi connectivity index (χ0v) is 6.75. The Morgan fingerprint density at radius 2 is 2.00 bits per heavy atom. The lowest BCUT2D eigenvalue weighted by Gasteiger charge is -2.01. The fourth-order valence-corrected chi connectivity index (χ4v) is 1.73. The highest BCUT2D eigenvalue weighted by molar-refractivity contribution is 7.55. The van der Waals surface area contributed by atoms with E-state index in [0.29, 0.717) is 7.92 Å². The van der Waals surface area contributed by atoms with Crippen molar-refractivity contribution < 1.29 is 0 Å². The normalized spacial score (nSPS) is 19.9. The van der Waals surface area contributed by atoms with Crippen LogP contribution in [0.1, 0.15) is 19.3 Å². The van der Waals surface area contributed by atoms with Gasteiger partial charge in [0, 0.05) is 0 Å². The average Bonchev–Trinajstić information content (AvgIpc) is 2.41. The second-order valence-electron chi connectivity index (χ2n) is 3.04. The van der Waals surface area contributed by atoms with Crippen LogP contribution >= 0.6 is 7.92 Å². The monoisotopic (exact) mass is 130 g/mol. The summed E-state index contributed by atoms with van der Waals surface area (Å²) in [6, 6.07) is 0. The highest BCUT2D eigenvalue weighted by atomic mass is 31.1. The molecule has 1 saturated carbocycles. The molecule has 48 valence electrons. The van der Waals surface area contributed by atoms with Gasteiger partial charge in [-0.3, -0.25) is 0 Å². The second-order valence-corrected chi connectivity index (χ2v) is 5.64. The highest BCUT2D eigenvalue weighted by Gasteiger charge is 2.20. The third kappa shape index (κ3) is 2.67. The van der Waals surface area contributed by atoms with E-state index in [0.717, 1.165) is 5.92 Å². The van der Waals surface area contributed by atoms with Crippen LogP contribution in [0.25, 0.3) is 0 Å². The fourth-order valence-electron chi connectivity index (χ4n) is 0.847. The molecule has 1 fully saturated rings. The molecular formula is C7H15P. The maximum Gasteiger partial charge on any atom is -0.0328 e. The third-order valence-corrected chi connectivity index (χ3v) is 2.83. The Morgan fingerprint density at radius 1 is 1.38 bits per heavy atom. The summed E-state index contributed by atoms with van der Waals surface area (Å²) < 4.78 is 0. The van der Waals surface area contributed by atoms with Gasteiger partial charge >= 0.3 is 0 Å². The standard InChI is InChI=1S/C7H15P/c1-8(2)6-5-7-3-4-7/h7H,3-6H2,1-2H3. The Morgan fingerprint density at radius 3 is 2.38 bits per heavy atom. The third-order valence-electron chi connectivity index (χ3n) is 1.68. The smallest absolute Gasteiger partial charge is 0.0328 e. The summed E-state index contributed by atoms with van der Waals surface area (Å²) in [4.78, 5) is 0. The first-order chi connectivity index (χ1) is 3.79. The maximum atomic E-state index is 2.37. The fraction of sp³-hybridized carbons (Fsp3) is 1.00. The van der Waals surface area contributed by atoms with E-state index >= 15 is 0 Å². The van der Waals surface area contributed by atoms with Crippen molar-refractivity contribution in [3.8, 4) is 0 Å². The van der Waals surface area contributed by atoms with Gasteiger partial charge in [0.15, 0.2) is 0 Å². The van der Waals surface area contributed by atoms with Gasteiger partial charge in [0.05, 0.1) is 0 Å². The second kappa shape index (κ2) is 2.82. The van der Waals surface area contributed by atoms with E-state index in [1.54, 1.807) is 0 Å². The molecule has 0 aromatic rings. The number of hydrogen-bond donors (Lipinski definition) is 0. The minimum absolute atomic E-state index is 0.407. The van der Waals surface area contributed by atoms with Gasteiger partial charge in [0.1, 0.15) is 0 Å². The Bertz CT molecular complexity index is 62.8. The Hall–Kier alpha value is 0.430. The molecule has 1 rings (SSSR count). The first-order valence-corrected chi connectivity index (χ1v) is 5.86. The van der Waals surface area contributed by atoms with Crippen molar-refractivity contribution >= 4 is 7.92 Å². The summed E-state index contributed by atoms with van der Waals surface area (Å²) in [6.07, 6.45) is 6.10. The number of rotatable bonds is 3. The van der Waals surface area contributed by atoms with Crippen LogP contribution < -0.4 is 0 Å². The van der Waals surface area contributed by atoms with Gasteiger partial charge < -0.3 is 0 Å². The summed E-state index contributed by atoms with van der Waals surface area (Å²) in [7, 11) is 0.407. The van der Waals surface area contributed by atoms with E-state index in [9.17, 15) is 0 Å². The molecule has 0 spiro atoms. The topological polar surface area (TPSA) is 0 Å². The van der Waals surface area contributed by atoms with Crippen LogP contribution in [0.4, 0.5) is 0 Å². The summed E-state index contributed by atoms with van der Waals surface area (Å²) >= 11 is 0. The quantitative estimate of drug-likeness (QED) is 0.515. The van der Waals surface area contributed by atoms with Crippen LogP contribution in [0.5, 0.6) is 0 Å². The molecule has 0 heterocycles. The Kier molecular flexibility index (Phi) is 2.31. The largest absolute Gasteiger partial charge is 0.113 e. The molecule has 0 atom stereocenters.